The largest absolute Gasteiger partial charge is 0.461 e. The second kappa shape index (κ2) is 5.95. The van der Waals surface area contributed by atoms with E-state index in [4.69, 9.17) is 0 Å². The molecule has 82 valence electrons. The van der Waals surface area contributed by atoms with Crippen LogP contribution in [0, 0.1) is 0 Å². The van der Waals surface area contributed by atoms with Crippen molar-refractivity contribution in [2.75, 3.05) is 18.1 Å². The number of hydrogen-bond donors (Lipinski definition) is 0. The zero-order chi connectivity index (χ0) is 11.2. The van der Waals surface area contributed by atoms with E-state index in [0.29, 0.717) is 5.75 Å². The number of ketones is 1. The van der Waals surface area contributed by atoms with Crippen molar-refractivity contribution in [1.82, 2.24) is 0 Å². The number of ether oxygens (including phenoxy) is 1. The average molecular weight is 226 g/mol. The SMILES string of the molecule is CCOC(=O)C(F)(F)C(=O)CSCC. The van der Waals surface area contributed by atoms with Crippen LogP contribution in [0.2, 0.25) is 0 Å². The highest BCUT2D eigenvalue weighted by molar-refractivity contribution is 7.99. The fourth-order valence-corrected chi connectivity index (χ4v) is 1.19. The van der Waals surface area contributed by atoms with Gasteiger partial charge in [-0.05, 0) is 12.7 Å². The lowest BCUT2D eigenvalue weighted by molar-refractivity contribution is -0.175. The quantitative estimate of drug-likeness (QED) is 0.508. The molecule has 0 saturated carbocycles. The second-order valence-corrected chi connectivity index (χ2v) is 3.63. The van der Waals surface area contributed by atoms with E-state index >= 15 is 0 Å². The number of hydrogen-bond acceptors (Lipinski definition) is 4. The Labute approximate surface area is 85.2 Å². The third-order valence-electron chi connectivity index (χ3n) is 1.32. The van der Waals surface area contributed by atoms with Crippen molar-refractivity contribution in [2.45, 2.75) is 19.8 Å². The molecule has 0 saturated heterocycles. The number of rotatable bonds is 6. The van der Waals surface area contributed by atoms with Crippen LogP contribution in [0.25, 0.3) is 0 Å². The lowest BCUT2D eigenvalue weighted by atomic mass is 10.2. The van der Waals surface area contributed by atoms with E-state index in [-0.39, 0.29) is 12.4 Å². The summed E-state index contributed by atoms with van der Waals surface area (Å²) in [6.45, 7) is 2.97. The summed E-state index contributed by atoms with van der Waals surface area (Å²) in [6.07, 6.45) is 0. The molecule has 0 aliphatic rings. The maximum absolute atomic E-state index is 12.9. The van der Waals surface area contributed by atoms with Gasteiger partial charge in [-0.3, -0.25) is 4.79 Å². The molecule has 14 heavy (non-hydrogen) atoms. The van der Waals surface area contributed by atoms with E-state index in [9.17, 15) is 18.4 Å². The molecular weight excluding hydrogens is 214 g/mol. The number of esters is 1. The summed E-state index contributed by atoms with van der Waals surface area (Å²) in [5, 5.41) is 0. The molecule has 0 amide bonds. The van der Waals surface area contributed by atoms with E-state index in [1.807, 2.05) is 0 Å². The van der Waals surface area contributed by atoms with Gasteiger partial charge in [0, 0.05) is 0 Å². The van der Waals surface area contributed by atoms with Crippen LogP contribution in [0.5, 0.6) is 0 Å². The minimum absolute atomic E-state index is 0.164. The zero-order valence-corrected chi connectivity index (χ0v) is 8.83. The Morgan fingerprint density at radius 2 is 1.93 bits per heavy atom. The molecule has 0 aromatic rings. The summed E-state index contributed by atoms with van der Waals surface area (Å²) in [4.78, 5) is 21.5. The van der Waals surface area contributed by atoms with Crippen molar-refractivity contribution in [1.29, 1.82) is 0 Å². The van der Waals surface area contributed by atoms with Gasteiger partial charge in [-0.2, -0.15) is 20.5 Å². The second-order valence-electron chi connectivity index (χ2n) is 2.36. The molecule has 0 aromatic carbocycles. The number of alkyl halides is 2. The molecule has 0 fully saturated rings. The topological polar surface area (TPSA) is 43.4 Å². The Morgan fingerprint density at radius 1 is 1.36 bits per heavy atom. The molecule has 0 rings (SSSR count). The minimum Gasteiger partial charge on any atom is -0.461 e. The smallest absolute Gasteiger partial charge is 0.400 e. The molecular formula is C8H12F2O3S. The van der Waals surface area contributed by atoms with Crippen molar-refractivity contribution in [3.8, 4) is 0 Å². The van der Waals surface area contributed by atoms with Gasteiger partial charge in [0.1, 0.15) is 0 Å². The number of thioether (sulfide) groups is 1. The fourth-order valence-electron chi connectivity index (χ4n) is 0.621. The van der Waals surface area contributed by atoms with Crippen LogP contribution in [-0.4, -0.2) is 35.8 Å². The molecule has 3 nitrogen and oxygen atoms in total. The maximum atomic E-state index is 12.9. The Bertz CT molecular complexity index is 219. The fraction of sp³-hybridized carbons (Fsp3) is 0.750. The average Bonchev–Trinajstić information content (AvgIpc) is 2.14. The lowest BCUT2D eigenvalue weighted by Gasteiger charge is -2.12. The van der Waals surface area contributed by atoms with Crippen molar-refractivity contribution in [3.05, 3.63) is 0 Å². The molecule has 0 spiro atoms. The van der Waals surface area contributed by atoms with Gasteiger partial charge in [-0.1, -0.05) is 6.92 Å². The van der Waals surface area contributed by atoms with Gasteiger partial charge in [0.2, 0.25) is 5.78 Å². The molecule has 0 aliphatic carbocycles. The molecule has 0 bridgehead atoms. The van der Waals surface area contributed by atoms with Gasteiger partial charge in [0.15, 0.2) is 0 Å². The van der Waals surface area contributed by atoms with Gasteiger partial charge < -0.3 is 4.74 Å². The van der Waals surface area contributed by atoms with Crippen LogP contribution in [0.15, 0.2) is 0 Å². The van der Waals surface area contributed by atoms with Crippen molar-refractivity contribution in [3.63, 3.8) is 0 Å². The number of carbonyl (C=O) groups excluding carboxylic acids is 2. The Hall–Kier alpha value is -0.650. The zero-order valence-electron chi connectivity index (χ0n) is 8.01. The van der Waals surface area contributed by atoms with E-state index in [2.05, 4.69) is 4.74 Å². The van der Waals surface area contributed by atoms with Crippen LogP contribution in [0.3, 0.4) is 0 Å². The van der Waals surface area contributed by atoms with Gasteiger partial charge in [-0.25, -0.2) is 4.79 Å². The highest BCUT2D eigenvalue weighted by atomic mass is 32.2. The molecule has 6 heteroatoms. The van der Waals surface area contributed by atoms with Crippen LogP contribution in [0.4, 0.5) is 8.78 Å². The third-order valence-corrected chi connectivity index (χ3v) is 2.19. The molecule has 0 aromatic heterocycles. The normalized spacial score (nSPS) is 11.1. The first-order chi connectivity index (χ1) is 6.46. The summed E-state index contributed by atoms with van der Waals surface area (Å²) >= 11 is 1.04. The lowest BCUT2D eigenvalue weighted by Crippen LogP contribution is -2.40. The third kappa shape index (κ3) is 3.61. The maximum Gasteiger partial charge on any atom is 0.400 e. The molecule has 0 radical (unpaired) electrons. The van der Waals surface area contributed by atoms with E-state index in [0.717, 1.165) is 11.8 Å². The molecule has 0 N–H and O–H groups in total. The monoisotopic (exact) mass is 226 g/mol. The van der Waals surface area contributed by atoms with Gasteiger partial charge in [0.25, 0.3) is 0 Å². The van der Waals surface area contributed by atoms with Crippen LogP contribution in [-0.2, 0) is 14.3 Å². The standard InChI is InChI=1S/C8H12F2O3S/c1-3-13-7(12)8(9,10)6(11)5-14-4-2/h3-5H2,1-2H3. The van der Waals surface area contributed by atoms with Crippen LogP contribution < -0.4 is 0 Å². The van der Waals surface area contributed by atoms with Gasteiger partial charge >= 0.3 is 11.9 Å². The van der Waals surface area contributed by atoms with Crippen LogP contribution >= 0.6 is 11.8 Å². The Morgan fingerprint density at radius 3 is 2.36 bits per heavy atom. The van der Waals surface area contributed by atoms with E-state index < -0.39 is 17.7 Å². The van der Waals surface area contributed by atoms with E-state index in [1.54, 1.807) is 6.92 Å². The van der Waals surface area contributed by atoms with Crippen molar-refractivity contribution >= 4 is 23.5 Å². The van der Waals surface area contributed by atoms with Crippen molar-refractivity contribution in [2.24, 2.45) is 0 Å². The van der Waals surface area contributed by atoms with Gasteiger partial charge in [0.05, 0.1) is 12.4 Å². The Kier molecular flexibility index (Phi) is 5.68. The highest BCUT2D eigenvalue weighted by Crippen LogP contribution is 2.19. The van der Waals surface area contributed by atoms with Crippen molar-refractivity contribution < 1.29 is 23.1 Å². The number of halogens is 2. The summed E-state index contributed by atoms with van der Waals surface area (Å²) < 4.78 is 29.9. The Balaban J connectivity index is 4.28. The molecule has 0 aliphatic heterocycles. The summed E-state index contributed by atoms with van der Waals surface area (Å²) in [7, 11) is 0. The van der Waals surface area contributed by atoms with Gasteiger partial charge in [-0.15, -0.1) is 0 Å². The summed E-state index contributed by atoms with van der Waals surface area (Å²) in [5.74, 6) is -6.99. The number of Topliss-reactive ketones (excluding diaryl/α,β-unsaturated/α-hetero) is 1. The first kappa shape index (κ1) is 13.4. The minimum atomic E-state index is -4.00. The van der Waals surface area contributed by atoms with Crippen LogP contribution in [0.1, 0.15) is 13.8 Å². The molecule has 0 unspecified atom stereocenters. The number of carbonyl (C=O) groups is 2. The molecule has 0 atom stereocenters. The molecule has 0 heterocycles. The predicted molar refractivity (Wildman–Crippen MR) is 49.6 cm³/mol. The first-order valence-electron chi connectivity index (χ1n) is 4.12. The summed E-state index contributed by atoms with van der Waals surface area (Å²) in [5.41, 5.74) is 0. The summed E-state index contributed by atoms with van der Waals surface area (Å²) in [6, 6.07) is 0. The highest BCUT2D eigenvalue weighted by Gasteiger charge is 2.47. The first-order valence-corrected chi connectivity index (χ1v) is 5.28. The predicted octanol–water partition coefficient (Wildman–Crippen LogP) is 1.51. The van der Waals surface area contributed by atoms with E-state index in [1.165, 1.54) is 6.92 Å².